The molecule has 11 aromatic rings. The molecule has 0 spiro atoms. The van der Waals surface area contributed by atoms with Crippen LogP contribution in [0.2, 0.25) is 0 Å². The van der Waals surface area contributed by atoms with Crippen molar-refractivity contribution in [3.8, 4) is 56.4 Å². The predicted octanol–water partition coefficient (Wildman–Crippen LogP) is 13.2. The lowest BCUT2D eigenvalue weighted by Gasteiger charge is -2.10. The van der Waals surface area contributed by atoms with Crippen LogP contribution in [0.3, 0.4) is 0 Å². The van der Waals surface area contributed by atoms with E-state index in [4.69, 9.17) is 34.8 Å². The summed E-state index contributed by atoms with van der Waals surface area (Å²) >= 11 is 0. The van der Waals surface area contributed by atoms with E-state index in [-0.39, 0.29) is 55.7 Å². The molecule has 5 nitrogen and oxygen atoms in total. The van der Waals surface area contributed by atoms with Gasteiger partial charge >= 0.3 is 0 Å². The fourth-order valence-electron chi connectivity index (χ4n) is 7.03. The Bertz CT molecular complexity index is 3740. The van der Waals surface area contributed by atoms with Crippen molar-refractivity contribution in [1.82, 2.24) is 15.0 Å². The lowest BCUT2D eigenvalue weighted by Crippen LogP contribution is -2.00. The molecule has 0 saturated carbocycles. The highest BCUT2D eigenvalue weighted by molar-refractivity contribution is 6.17. The first kappa shape index (κ1) is 22.5. The van der Waals surface area contributed by atoms with E-state index in [1.165, 1.54) is 0 Å². The van der Waals surface area contributed by atoms with Gasteiger partial charge < -0.3 is 8.83 Å². The van der Waals surface area contributed by atoms with Crippen molar-refractivity contribution in [1.29, 1.82) is 0 Å². The highest BCUT2D eigenvalue weighted by Crippen LogP contribution is 2.40. The number of furan rings is 2. The molecule has 3 heterocycles. The van der Waals surface area contributed by atoms with Crippen molar-refractivity contribution in [2.75, 3.05) is 0 Å². The monoisotopic (exact) mass is 700 g/mol. The van der Waals surface area contributed by atoms with E-state index in [2.05, 4.69) is 6.07 Å². The van der Waals surface area contributed by atoms with Crippen molar-refractivity contribution in [3.05, 3.63) is 176 Å². The SMILES string of the molecule is [2H]c1c([2H])c([2H])c2c(oc3c4c([2H])c([2H])c([2H])c([2H])c4c([2H])c([2H])c32)c1-c1nc(-c2cccc(-c3ccccc3)c2)nc(-c2ccc3oc4ccc(-c5ccccc5)cc4c3c2)n1. The van der Waals surface area contributed by atoms with Gasteiger partial charge in [0.25, 0.3) is 0 Å². The molecule has 0 radical (unpaired) electrons. The predicted molar refractivity (Wildman–Crippen MR) is 219 cm³/mol. The Balaban J connectivity index is 1.20. The van der Waals surface area contributed by atoms with E-state index in [9.17, 15) is 1.37 Å². The fraction of sp³-hybridized carbons (Fsp3) is 0. The van der Waals surface area contributed by atoms with Crippen LogP contribution < -0.4 is 0 Å². The van der Waals surface area contributed by atoms with E-state index in [0.29, 0.717) is 22.3 Å². The first-order valence-electron chi connectivity index (χ1n) is 21.8. The van der Waals surface area contributed by atoms with E-state index >= 15 is 0 Å². The van der Waals surface area contributed by atoms with Crippen LogP contribution in [-0.4, -0.2) is 15.0 Å². The summed E-state index contributed by atoms with van der Waals surface area (Å²) in [6, 6.07) is 34.7. The highest BCUT2D eigenvalue weighted by Gasteiger charge is 2.20. The molecular weight excluding hydrogens is 663 g/mol. The molecule has 0 atom stereocenters. The number of aromatic nitrogens is 3. The largest absolute Gasteiger partial charge is 0.456 e. The molecule has 0 aliphatic rings. The quantitative estimate of drug-likeness (QED) is 0.179. The van der Waals surface area contributed by atoms with Gasteiger partial charge in [0.1, 0.15) is 22.3 Å². The molecule has 3 aromatic heterocycles. The Morgan fingerprint density at radius 2 is 0.944 bits per heavy atom. The Hall–Kier alpha value is -7.37. The second-order valence-corrected chi connectivity index (χ2v) is 12.9. The summed E-state index contributed by atoms with van der Waals surface area (Å²) in [4.78, 5) is 14.9. The molecular formula is C49H29N3O2. The topological polar surface area (TPSA) is 65.0 Å². The summed E-state index contributed by atoms with van der Waals surface area (Å²) in [5.41, 5.74) is 6.07. The van der Waals surface area contributed by atoms with Crippen molar-refractivity contribution in [2.24, 2.45) is 0 Å². The van der Waals surface area contributed by atoms with Crippen LogP contribution >= 0.6 is 0 Å². The minimum Gasteiger partial charge on any atom is -0.456 e. The first-order chi connectivity index (χ1) is 30.5. The second-order valence-electron chi connectivity index (χ2n) is 12.9. The molecule has 0 N–H and O–H groups in total. The summed E-state index contributed by atoms with van der Waals surface area (Å²) in [6.45, 7) is 0. The third-order valence-corrected chi connectivity index (χ3v) is 9.66. The highest BCUT2D eigenvalue weighted by atomic mass is 16.3. The molecule has 0 aliphatic heterocycles. The molecule has 8 aromatic carbocycles. The van der Waals surface area contributed by atoms with E-state index in [0.717, 1.165) is 33.0 Å². The normalized spacial score (nSPS) is 14.0. The molecule has 54 heavy (non-hydrogen) atoms. The van der Waals surface area contributed by atoms with Crippen LogP contribution in [0.5, 0.6) is 0 Å². The zero-order chi connectivity index (χ0) is 43.4. The number of hydrogen-bond acceptors (Lipinski definition) is 5. The number of nitrogens with zero attached hydrogens (tertiary/aromatic N) is 3. The van der Waals surface area contributed by atoms with Crippen LogP contribution in [0.1, 0.15) is 12.3 Å². The second kappa shape index (κ2) is 12.1. The lowest BCUT2D eigenvalue weighted by atomic mass is 10.0. The van der Waals surface area contributed by atoms with Crippen LogP contribution in [0.4, 0.5) is 0 Å². The number of rotatable bonds is 5. The van der Waals surface area contributed by atoms with Gasteiger partial charge in [-0.1, -0.05) is 127 Å². The van der Waals surface area contributed by atoms with E-state index < -0.39 is 54.4 Å². The van der Waals surface area contributed by atoms with Gasteiger partial charge in [-0.25, -0.2) is 15.0 Å². The van der Waals surface area contributed by atoms with Gasteiger partial charge in [-0.3, -0.25) is 0 Å². The number of para-hydroxylation sites is 1. The summed E-state index contributed by atoms with van der Waals surface area (Å²) in [6.07, 6.45) is 0. The third-order valence-electron chi connectivity index (χ3n) is 9.66. The minimum atomic E-state index is -0.570. The first-order valence-corrected chi connectivity index (χ1v) is 17.3. The average molecular weight is 701 g/mol. The standard InChI is InChI=1S/C49H29N3O2/c1-3-11-30(12-4-1)33-16-9-17-35(27-33)47-50-48(36-23-26-44-42(29-36)41-28-34(22-25-43(41)53-44)31-13-5-2-6-14-31)52-49(51-47)40-20-10-19-38-39-24-21-32-15-7-8-18-37(32)45(39)54-46(38)40/h1-29H/i7D,8D,10D,15D,18D,19D,20D,21D,24D. The molecule has 0 unspecified atom stereocenters. The third kappa shape index (κ3) is 4.98. The smallest absolute Gasteiger partial charge is 0.167 e. The fourth-order valence-corrected chi connectivity index (χ4v) is 7.03. The van der Waals surface area contributed by atoms with Crippen molar-refractivity contribution in [3.63, 3.8) is 0 Å². The zero-order valence-corrected chi connectivity index (χ0v) is 28.2. The maximum atomic E-state index is 9.31. The van der Waals surface area contributed by atoms with Crippen LogP contribution in [0.25, 0.3) is 111 Å². The Labute approximate surface area is 322 Å². The Kier molecular flexibility index (Phi) is 5.06. The number of fused-ring (bicyclic) bond motifs is 8. The molecule has 252 valence electrons. The number of hydrogen-bond donors (Lipinski definition) is 0. The van der Waals surface area contributed by atoms with Crippen LogP contribution in [-0.2, 0) is 0 Å². The molecule has 5 heteroatoms. The summed E-state index contributed by atoms with van der Waals surface area (Å²) in [5.74, 6) is 0.376. The molecule has 0 bridgehead atoms. The van der Waals surface area contributed by atoms with Gasteiger partial charge in [-0.05, 0) is 76.1 Å². The van der Waals surface area contributed by atoms with Gasteiger partial charge in [0.05, 0.1) is 17.9 Å². The molecule has 0 amide bonds. The van der Waals surface area contributed by atoms with Crippen molar-refractivity contribution < 1.29 is 21.2 Å². The lowest BCUT2D eigenvalue weighted by molar-refractivity contribution is 0.669. The molecule has 0 fully saturated rings. The van der Waals surface area contributed by atoms with Gasteiger partial charge in [0.2, 0.25) is 0 Å². The minimum absolute atomic E-state index is 0.0741. The summed E-state index contributed by atoms with van der Waals surface area (Å²) in [7, 11) is 0. The van der Waals surface area contributed by atoms with Crippen LogP contribution in [0.15, 0.2) is 185 Å². The maximum absolute atomic E-state index is 9.31. The summed E-state index contributed by atoms with van der Waals surface area (Å²) < 4.78 is 92.2. The van der Waals surface area contributed by atoms with Crippen molar-refractivity contribution in [2.45, 2.75) is 0 Å². The Morgan fingerprint density at radius 1 is 0.370 bits per heavy atom. The zero-order valence-electron chi connectivity index (χ0n) is 37.2. The van der Waals surface area contributed by atoms with Gasteiger partial charge in [0, 0.05) is 38.1 Å². The molecule has 0 saturated heterocycles. The van der Waals surface area contributed by atoms with E-state index in [1.54, 1.807) is 0 Å². The van der Waals surface area contributed by atoms with Gasteiger partial charge in [-0.15, -0.1) is 0 Å². The molecule has 11 rings (SSSR count). The summed E-state index contributed by atoms with van der Waals surface area (Å²) in [5, 5.41) is 1.15. The van der Waals surface area contributed by atoms with Crippen LogP contribution in [0, 0.1) is 0 Å². The average Bonchev–Trinajstić information content (AvgIpc) is 3.89. The van der Waals surface area contributed by atoms with Gasteiger partial charge in [-0.2, -0.15) is 0 Å². The Morgan fingerprint density at radius 3 is 1.70 bits per heavy atom. The van der Waals surface area contributed by atoms with Crippen molar-refractivity contribution >= 4 is 54.6 Å². The number of benzene rings is 8. The molecule has 0 aliphatic carbocycles. The van der Waals surface area contributed by atoms with E-state index in [1.807, 2.05) is 115 Å². The maximum Gasteiger partial charge on any atom is 0.167 e. The van der Waals surface area contributed by atoms with Gasteiger partial charge in [0.15, 0.2) is 17.5 Å².